The smallest absolute Gasteiger partial charge is 0.233 e. The topological polar surface area (TPSA) is 70.6 Å². The average Bonchev–Trinajstić information content (AvgIpc) is 3.43. The number of benzene rings is 2. The van der Waals surface area contributed by atoms with Gasteiger partial charge >= 0.3 is 0 Å². The van der Waals surface area contributed by atoms with Gasteiger partial charge in [-0.15, -0.1) is 23.1 Å². The number of aryl methyl sites for hydroxylation is 1. The highest BCUT2D eigenvalue weighted by Gasteiger charge is 2.45. The Bertz CT molecular complexity index is 1200. The second-order valence-corrected chi connectivity index (χ2v) is 13.2. The van der Waals surface area contributed by atoms with Gasteiger partial charge in [0.1, 0.15) is 11.4 Å². The molecule has 1 amide bonds. The number of fused-ring (bicyclic) bond motifs is 1. The molecule has 5 rings (SSSR count). The van der Waals surface area contributed by atoms with Crippen molar-refractivity contribution in [1.29, 1.82) is 0 Å². The molecule has 5 nitrogen and oxygen atoms in total. The molecular formula is C31H38N2O3S2. The van der Waals surface area contributed by atoms with E-state index in [0.717, 1.165) is 41.2 Å². The number of thioether (sulfide) groups is 1. The molecule has 1 aliphatic heterocycles. The Balaban J connectivity index is 1.29. The summed E-state index contributed by atoms with van der Waals surface area (Å²) >= 11 is 3.19. The van der Waals surface area contributed by atoms with Crippen LogP contribution in [-0.4, -0.2) is 40.6 Å². The number of carbonyl (C=O) groups excluding carboxylic acids is 1. The third kappa shape index (κ3) is 6.45. The molecule has 1 spiro atoms. The Labute approximate surface area is 234 Å². The van der Waals surface area contributed by atoms with E-state index in [-0.39, 0.29) is 22.8 Å². The molecule has 4 atom stereocenters. The molecule has 0 radical (unpaired) electrons. The van der Waals surface area contributed by atoms with Crippen molar-refractivity contribution in [1.82, 2.24) is 10.6 Å². The highest BCUT2D eigenvalue weighted by atomic mass is 32.2. The van der Waals surface area contributed by atoms with Gasteiger partial charge in [-0.2, -0.15) is 0 Å². The number of rotatable bonds is 11. The minimum atomic E-state index is -0.740. The third-order valence-corrected chi connectivity index (χ3v) is 10.0. The minimum absolute atomic E-state index is 0.0548. The summed E-state index contributed by atoms with van der Waals surface area (Å²) in [7, 11) is 0. The van der Waals surface area contributed by atoms with E-state index in [1.165, 1.54) is 17.5 Å². The Morgan fingerprint density at radius 1 is 1.16 bits per heavy atom. The number of carbonyl (C=O) groups is 1. The second kappa shape index (κ2) is 12.2. The minimum Gasteiger partial charge on any atom is -0.487 e. The highest BCUT2D eigenvalue weighted by Crippen LogP contribution is 2.49. The fourth-order valence-electron chi connectivity index (χ4n) is 5.41. The zero-order valence-electron chi connectivity index (χ0n) is 22.2. The van der Waals surface area contributed by atoms with E-state index in [2.05, 4.69) is 35.8 Å². The quantitative estimate of drug-likeness (QED) is 0.259. The van der Waals surface area contributed by atoms with E-state index in [1.54, 1.807) is 23.1 Å². The largest absolute Gasteiger partial charge is 0.487 e. The first kappa shape index (κ1) is 27.3. The zero-order chi connectivity index (χ0) is 26.5. The lowest BCUT2D eigenvalue weighted by molar-refractivity contribution is -0.121. The first-order chi connectivity index (χ1) is 18.4. The molecular weight excluding hydrogens is 512 g/mol. The maximum Gasteiger partial charge on any atom is 0.233 e. The van der Waals surface area contributed by atoms with Gasteiger partial charge < -0.3 is 20.5 Å². The molecule has 3 N–H and O–H groups in total. The SMILES string of the molecule is CCc1ccc2c(c1)[C@@H](NC[C@@H](O)[C@H](Cc1ccccc1)NC(=O)C(C)Sc1cccs1)CC1(CCC1)O2. The fraction of sp³-hybridized carbons (Fsp3) is 0.452. The molecule has 2 heterocycles. The molecule has 38 heavy (non-hydrogen) atoms. The van der Waals surface area contributed by atoms with E-state index < -0.39 is 12.1 Å². The molecule has 7 heteroatoms. The van der Waals surface area contributed by atoms with Gasteiger partial charge in [0.25, 0.3) is 0 Å². The van der Waals surface area contributed by atoms with Crippen molar-refractivity contribution in [2.75, 3.05) is 6.54 Å². The first-order valence-corrected chi connectivity index (χ1v) is 15.5. The zero-order valence-corrected chi connectivity index (χ0v) is 23.8. The number of thiophene rings is 1. The number of nitrogens with one attached hydrogen (secondary N) is 2. The van der Waals surface area contributed by atoms with Crippen LogP contribution in [0.5, 0.6) is 5.75 Å². The third-order valence-electron chi connectivity index (χ3n) is 7.85. The van der Waals surface area contributed by atoms with Gasteiger partial charge in [-0.25, -0.2) is 0 Å². The van der Waals surface area contributed by atoms with Crippen molar-refractivity contribution in [3.05, 3.63) is 82.7 Å². The van der Waals surface area contributed by atoms with Gasteiger partial charge in [-0.1, -0.05) is 55.5 Å². The van der Waals surface area contributed by atoms with Crippen molar-refractivity contribution in [3.63, 3.8) is 0 Å². The van der Waals surface area contributed by atoms with Crippen LogP contribution < -0.4 is 15.4 Å². The molecule has 0 bridgehead atoms. The normalized spacial score (nSPS) is 20.0. The van der Waals surface area contributed by atoms with Gasteiger partial charge in [0.05, 0.1) is 21.6 Å². The summed E-state index contributed by atoms with van der Waals surface area (Å²) in [5, 5.41) is 20.0. The van der Waals surface area contributed by atoms with Crippen LogP contribution in [0.4, 0.5) is 0 Å². The van der Waals surface area contributed by atoms with Crippen molar-refractivity contribution < 1.29 is 14.6 Å². The molecule has 202 valence electrons. The Morgan fingerprint density at radius 2 is 1.97 bits per heavy atom. The van der Waals surface area contributed by atoms with Crippen molar-refractivity contribution in [2.24, 2.45) is 0 Å². The monoisotopic (exact) mass is 550 g/mol. The summed E-state index contributed by atoms with van der Waals surface area (Å²) in [6, 6.07) is 20.3. The van der Waals surface area contributed by atoms with Gasteiger partial charge in [0.15, 0.2) is 0 Å². The lowest BCUT2D eigenvalue weighted by Crippen LogP contribution is -2.53. The predicted molar refractivity (Wildman–Crippen MR) is 156 cm³/mol. The number of aliphatic hydroxyl groups excluding tert-OH is 1. The molecule has 1 saturated carbocycles. The van der Waals surface area contributed by atoms with Crippen molar-refractivity contribution in [2.45, 2.75) is 85.6 Å². The molecule has 1 fully saturated rings. The Morgan fingerprint density at radius 3 is 2.66 bits per heavy atom. The van der Waals surface area contributed by atoms with Crippen LogP contribution in [0.3, 0.4) is 0 Å². The van der Waals surface area contributed by atoms with Crippen LogP contribution >= 0.6 is 23.1 Å². The van der Waals surface area contributed by atoms with Crippen LogP contribution in [0.1, 0.15) is 62.3 Å². The maximum atomic E-state index is 13.2. The number of ether oxygens (including phenoxy) is 1. The lowest BCUT2D eigenvalue weighted by Gasteiger charge is -2.48. The lowest BCUT2D eigenvalue weighted by atomic mass is 9.72. The highest BCUT2D eigenvalue weighted by molar-refractivity contribution is 8.02. The van der Waals surface area contributed by atoms with E-state index in [0.29, 0.717) is 13.0 Å². The summed E-state index contributed by atoms with van der Waals surface area (Å²) in [5.74, 6) is 0.912. The molecule has 2 aromatic carbocycles. The van der Waals surface area contributed by atoms with E-state index in [9.17, 15) is 9.90 Å². The van der Waals surface area contributed by atoms with Crippen molar-refractivity contribution in [3.8, 4) is 5.75 Å². The molecule has 1 aromatic heterocycles. The molecule has 0 saturated heterocycles. The van der Waals surface area contributed by atoms with Crippen LogP contribution in [0.25, 0.3) is 0 Å². The maximum absolute atomic E-state index is 13.2. The molecule has 2 aliphatic rings. The van der Waals surface area contributed by atoms with Crippen LogP contribution in [0, 0.1) is 0 Å². The van der Waals surface area contributed by atoms with E-state index in [4.69, 9.17) is 4.74 Å². The van der Waals surface area contributed by atoms with Gasteiger partial charge in [-0.05, 0) is 67.7 Å². The Kier molecular flexibility index (Phi) is 8.78. The van der Waals surface area contributed by atoms with Gasteiger partial charge in [0.2, 0.25) is 5.91 Å². The summed E-state index contributed by atoms with van der Waals surface area (Å²) < 4.78 is 7.59. The Hall–Kier alpha value is -2.32. The molecule has 3 aromatic rings. The average molecular weight is 551 g/mol. The summed E-state index contributed by atoms with van der Waals surface area (Å²) in [4.78, 5) is 13.2. The van der Waals surface area contributed by atoms with Crippen LogP contribution in [-0.2, 0) is 17.6 Å². The molecule has 1 aliphatic carbocycles. The fourth-order valence-corrected chi connectivity index (χ4v) is 7.37. The summed E-state index contributed by atoms with van der Waals surface area (Å²) in [5.41, 5.74) is 3.47. The van der Waals surface area contributed by atoms with Gasteiger partial charge in [-0.3, -0.25) is 4.79 Å². The standard InChI is InChI=1S/C31H38N2O3S2/c1-3-22-12-13-28-24(17-22)26(19-31(36-28)14-8-15-31)32-20-27(34)25(18-23-9-5-4-6-10-23)33-30(35)21(2)38-29-11-7-16-37-29/h4-7,9-13,16-17,21,25-27,32,34H,3,8,14-15,18-20H2,1-2H3,(H,33,35)/t21?,25-,26-,27+/m0/s1. The van der Waals surface area contributed by atoms with Crippen molar-refractivity contribution >= 4 is 29.0 Å². The first-order valence-electron chi connectivity index (χ1n) is 13.7. The summed E-state index contributed by atoms with van der Waals surface area (Å²) in [6.07, 6.45) is 5.07. The number of aliphatic hydroxyl groups is 1. The van der Waals surface area contributed by atoms with E-state index >= 15 is 0 Å². The van der Waals surface area contributed by atoms with Gasteiger partial charge in [0, 0.05) is 24.6 Å². The van der Waals surface area contributed by atoms with Crippen LogP contribution in [0.15, 0.2) is 70.3 Å². The molecule has 1 unspecified atom stereocenters. The van der Waals surface area contributed by atoms with Crippen LogP contribution in [0.2, 0.25) is 0 Å². The summed E-state index contributed by atoms with van der Waals surface area (Å²) in [6.45, 7) is 4.48. The predicted octanol–water partition coefficient (Wildman–Crippen LogP) is 5.92. The second-order valence-electron chi connectivity index (χ2n) is 10.6. The number of hydrogen-bond acceptors (Lipinski definition) is 6. The number of hydrogen-bond donors (Lipinski definition) is 3. The number of amides is 1. The van der Waals surface area contributed by atoms with E-state index in [1.807, 2.05) is 54.8 Å².